The molecular weight excluding hydrogens is 297 g/mol. The smallest absolute Gasteiger partial charge is 0.160 e. The molecule has 20 heavy (non-hydrogen) atoms. The number of pyridine rings is 1. The Morgan fingerprint density at radius 1 is 1.50 bits per heavy atom. The number of nitrogens with zero attached hydrogens (tertiary/aromatic N) is 3. The number of imidazole rings is 1. The third-order valence-corrected chi connectivity index (χ3v) is 4.29. The number of ether oxygens (including phenoxy) is 1. The Morgan fingerprint density at radius 2 is 2.35 bits per heavy atom. The molecule has 2 aromatic rings. The molecule has 2 unspecified atom stereocenters. The van der Waals surface area contributed by atoms with Crippen LogP contribution in [0, 0.1) is 5.92 Å². The molecule has 2 atom stereocenters. The minimum atomic E-state index is 0.281. The standard InChI is InChI=1S/C14H17Cl2N3O/c1-9-10(3-5-20-9)8-19-13(2-4-15)18-12-6-11(16)7-17-14(12)19/h6-7,9-10H,2-5,8H2,1H3. The van der Waals surface area contributed by atoms with Gasteiger partial charge in [-0.2, -0.15) is 0 Å². The average Bonchev–Trinajstić information content (AvgIpc) is 2.96. The van der Waals surface area contributed by atoms with Gasteiger partial charge in [-0.05, 0) is 19.4 Å². The van der Waals surface area contributed by atoms with Crippen LogP contribution in [0.15, 0.2) is 12.3 Å². The van der Waals surface area contributed by atoms with E-state index in [1.165, 1.54) is 0 Å². The van der Waals surface area contributed by atoms with Crippen molar-refractivity contribution >= 4 is 34.4 Å². The number of rotatable bonds is 4. The van der Waals surface area contributed by atoms with Gasteiger partial charge >= 0.3 is 0 Å². The van der Waals surface area contributed by atoms with Crippen LogP contribution < -0.4 is 0 Å². The number of aromatic nitrogens is 3. The first kappa shape index (κ1) is 14.1. The first-order chi connectivity index (χ1) is 9.69. The van der Waals surface area contributed by atoms with E-state index in [1.54, 1.807) is 6.20 Å². The van der Waals surface area contributed by atoms with E-state index in [1.807, 2.05) is 6.07 Å². The maximum atomic E-state index is 5.99. The van der Waals surface area contributed by atoms with Crippen molar-refractivity contribution < 1.29 is 4.74 Å². The molecule has 0 bridgehead atoms. The summed E-state index contributed by atoms with van der Waals surface area (Å²) >= 11 is 11.9. The Balaban J connectivity index is 1.99. The van der Waals surface area contributed by atoms with E-state index in [-0.39, 0.29) is 6.10 Å². The predicted octanol–water partition coefficient (Wildman–Crippen LogP) is 3.29. The van der Waals surface area contributed by atoms with Crippen LogP contribution >= 0.6 is 23.2 Å². The molecule has 1 fully saturated rings. The second-order valence-electron chi connectivity index (χ2n) is 5.20. The molecular formula is C14H17Cl2N3O. The van der Waals surface area contributed by atoms with Crippen LogP contribution in [0.3, 0.4) is 0 Å². The van der Waals surface area contributed by atoms with Crippen molar-refractivity contribution in [2.75, 3.05) is 12.5 Å². The van der Waals surface area contributed by atoms with Crippen molar-refractivity contribution in [3.05, 3.63) is 23.1 Å². The molecule has 6 heteroatoms. The van der Waals surface area contributed by atoms with Gasteiger partial charge < -0.3 is 9.30 Å². The lowest BCUT2D eigenvalue weighted by atomic mass is 10.0. The van der Waals surface area contributed by atoms with Gasteiger partial charge in [0.25, 0.3) is 0 Å². The summed E-state index contributed by atoms with van der Waals surface area (Å²) in [6.07, 6.45) is 3.76. The Kier molecular flexibility index (Phi) is 4.15. The molecule has 0 spiro atoms. The summed E-state index contributed by atoms with van der Waals surface area (Å²) in [6, 6.07) is 1.85. The topological polar surface area (TPSA) is 39.9 Å². The second-order valence-corrected chi connectivity index (χ2v) is 6.01. The fraction of sp³-hybridized carbons (Fsp3) is 0.571. The van der Waals surface area contributed by atoms with E-state index < -0.39 is 0 Å². The lowest BCUT2D eigenvalue weighted by Crippen LogP contribution is -2.19. The summed E-state index contributed by atoms with van der Waals surface area (Å²) in [7, 11) is 0. The van der Waals surface area contributed by atoms with E-state index in [4.69, 9.17) is 27.9 Å². The average molecular weight is 314 g/mol. The quantitative estimate of drug-likeness (QED) is 0.813. The molecule has 0 aliphatic carbocycles. The van der Waals surface area contributed by atoms with Crippen molar-refractivity contribution in [1.82, 2.24) is 14.5 Å². The van der Waals surface area contributed by atoms with Crippen LogP contribution in [0.1, 0.15) is 19.2 Å². The number of hydrogen-bond donors (Lipinski definition) is 0. The van der Waals surface area contributed by atoms with E-state index in [9.17, 15) is 0 Å². The zero-order valence-corrected chi connectivity index (χ0v) is 12.9. The Labute approximate surface area is 128 Å². The van der Waals surface area contributed by atoms with Gasteiger partial charge in [-0.15, -0.1) is 11.6 Å². The lowest BCUT2D eigenvalue weighted by molar-refractivity contribution is 0.102. The van der Waals surface area contributed by atoms with Gasteiger partial charge in [0.05, 0.1) is 11.1 Å². The van der Waals surface area contributed by atoms with E-state index in [2.05, 4.69) is 21.5 Å². The van der Waals surface area contributed by atoms with Crippen molar-refractivity contribution in [2.24, 2.45) is 5.92 Å². The SMILES string of the molecule is CC1OCCC1Cn1c(CCCl)nc2cc(Cl)cnc21. The molecule has 0 saturated carbocycles. The summed E-state index contributed by atoms with van der Waals surface area (Å²) in [6.45, 7) is 3.84. The first-order valence-corrected chi connectivity index (χ1v) is 7.78. The molecule has 4 nitrogen and oxygen atoms in total. The third kappa shape index (κ3) is 2.65. The molecule has 1 saturated heterocycles. The van der Waals surface area contributed by atoms with Gasteiger partial charge in [-0.3, -0.25) is 0 Å². The predicted molar refractivity (Wildman–Crippen MR) is 80.5 cm³/mol. The molecule has 3 rings (SSSR count). The maximum absolute atomic E-state index is 5.99. The summed E-state index contributed by atoms with van der Waals surface area (Å²) in [5.41, 5.74) is 1.72. The summed E-state index contributed by atoms with van der Waals surface area (Å²) in [5, 5.41) is 0.608. The summed E-state index contributed by atoms with van der Waals surface area (Å²) in [4.78, 5) is 9.06. The fourth-order valence-electron chi connectivity index (χ4n) is 2.75. The minimum Gasteiger partial charge on any atom is -0.378 e. The largest absolute Gasteiger partial charge is 0.378 e. The van der Waals surface area contributed by atoms with Crippen molar-refractivity contribution in [1.29, 1.82) is 0 Å². The van der Waals surface area contributed by atoms with Crippen molar-refractivity contribution in [3.63, 3.8) is 0 Å². The highest BCUT2D eigenvalue weighted by atomic mass is 35.5. The molecule has 1 aliphatic heterocycles. The number of alkyl halides is 1. The van der Waals surface area contributed by atoms with E-state index in [0.717, 1.165) is 43.0 Å². The summed E-state index contributed by atoms with van der Waals surface area (Å²) < 4.78 is 7.81. The number of hydrogen-bond acceptors (Lipinski definition) is 3. The highest BCUT2D eigenvalue weighted by Gasteiger charge is 2.26. The number of fused-ring (bicyclic) bond motifs is 1. The minimum absolute atomic E-state index is 0.281. The maximum Gasteiger partial charge on any atom is 0.160 e. The van der Waals surface area contributed by atoms with Crippen LogP contribution in [0.4, 0.5) is 0 Å². The van der Waals surface area contributed by atoms with E-state index in [0.29, 0.717) is 16.8 Å². The van der Waals surface area contributed by atoms with Crippen molar-refractivity contribution in [3.8, 4) is 0 Å². The fourth-order valence-corrected chi connectivity index (χ4v) is 3.07. The molecule has 3 heterocycles. The highest BCUT2D eigenvalue weighted by molar-refractivity contribution is 6.31. The lowest BCUT2D eigenvalue weighted by Gasteiger charge is -2.16. The Hall–Kier alpha value is -0.840. The first-order valence-electron chi connectivity index (χ1n) is 6.87. The molecule has 0 amide bonds. The molecule has 2 aromatic heterocycles. The van der Waals surface area contributed by atoms with E-state index >= 15 is 0 Å². The number of halogens is 2. The Bertz CT molecular complexity index is 614. The third-order valence-electron chi connectivity index (χ3n) is 3.90. The number of aryl methyl sites for hydroxylation is 1. The van der Waals surface area contributed by atoms with Gasteiger partial charge in [-0.25, -0.2) is 9.97 Å². The van der Waals surface area contributed by atoms with Crippen LogP contribution in [0.5, 0.6) is 0 Å². The van der Waals surface area contributed by atoms with Gasteiger partial charge in [0.15, 0.2) is 5.65 Å². The Morgan fingerprint density at radius 3 is 3.05 bits per heavy atom. The molecule has 0 N–H and O–H groups in total. The summed E-state index contributed by atoms with van der Waals surface area (Å²) in [5.74, 6) is 2.02. The van der Waals surface area contributed by atoms with Gasteiger partial charge in [0.2, 0.25) is 0 Å². The van der Waals surface area contributed by atoms with Crippen molar-refractivity contribution in [2.45, 2.75) is 32.4 Å². The molecule has 108 valence electrons. The van der Waals surface area contributed by atoms with Crippen LogP contribution in [0.2, 0.25) is 5.02 Å². The van der Waals surface area contributed by atoms with Crippen LogP contribution in [0.25, 0.3) is 11.2 Å². The van der Waals surface area contributed by atoms with Gasteiger partial charge in [-0.1, -0.05) is 11.6 Å². The van der Waals surface area contributed by atoms with Crippen LogP contribution in [-0.4, -0.2) is 33.1 Å². The monoisotopic (exact) mass is 313 g/mol. The van der Waals surface area contributed by atoms with Gasteiger partial charge in [0, 0.05) is 37.6 Å². The molecule has 0 radical (unpaired) electrons. The second kappa shape index (κ2) is 5.88. The normalized spacial score (nSPS) is 22.8. The molecule has 1 aliphatic rings. The highest BCUT2D eigenvalue weighted by Crippen LogP contribution is 2.26. The molecule has 0 aromatic carbocycles. The zero-order chi connectivity index (χ0) is 14.1. The van der Waals surface area contributed by atoms with Gasteiger partial charge in [0.1, 0.15) is 11.3 Å². The zero-order valence-electron chi connectivity index (χ0n) is 11.4. The van der Waals surface area contributed by atoms with Crippen LogP contribution in [-0.2, 0) is 17.7 Å².